The molecule has 0 saturated heterocycles. The molecule has 0 aliphatic rings. The number of benzene rings is 4. The molecule has 124 valence electrons. The van der Waals surface area contributed by atoms with Gasteiger partial charge < -0.3 is 6.90 Å². The van der Waals surface area contributed by atoms with E-state index in [0.717, 1.165) is 4.90 Å². The quantitative estimate of drug-likeness (QED) is 0.141. The smallest absolute Gasteiger partial charge is 1.00 e. The summed E-state index contributed by atoms with van der Waals surface area (Å²) in [5.74, 6) is 0. The van der Waals surface area contributed by atoms with Gasteiger partial charge in [0.2, 0.25) is 0 Å². The summed E-state index contributed by atoms with van der Waals surface area (Å²) in [5.41, 5.74) is 0. The van der Waals surface area contributed by atoms with Crippen molar-refractivity contribution in [2.75, 3.05) is 0 Å². The molecule has 25 heavy (non-hydrogen) atoms. The van der Waals surface area contributed by atoms with E-state index in [-0.39, 0.29) is 36.5 Å². The molecule has 0 bridgehead atoms. The van der Waals surface area contributed by atoms with Gasteiger partial charge in [-0.25, -0.2) is 0 Å². The van der Waals surface area contributed by atoms with Crippen molar-refractivity contribution in [3.8, 4) is 0 Å². The third kappa shape index (κ3) is 5.00. The molecular formula is C18H17NaO4PS+. The summed E-state index contributed by atoms with van der Waals surface area (Å²) in [6.07, 6.45) is 0. The Morgan fingerprint density at radius 3 is 1.96 bits per heavy atom. The van der Waals surface area contributed by atoms with Crippen molar-refractivity contribution in [3.63, 3.8) is 0 Å². The van der Waals surface area contributed by atoms with Crippen LogP contribution in [0.4, 0.5) is 0 Å². The molecule has 0 atom stereocenters. The van der Waals surface area contributed by atoms with Crippen molar-refractivity contribution in [2.45, 2.75) is 4.90 Å². The van der Waals surface area contributed by atoms with Crippen LogP contribution in [0.3, 0.4) is 0 Å². The monoisotopic (exact) mass is 383 g/mol. The number of hydrogen-bond acceptors (Lipinski definition) is 2. The number of fused-ring (bicyclic) bond motifs is 4. The first-order chi connectivity index (χ1) is 11.1. The summed E-state index contributed by atoms with van der Waals surface area (Å²) in [7, 11) is -2.87. The van der Waals surface area contributed by atoms with E-state index in [9.17, 15) is 0 Å². The van der Waals surface area contributed by atoms with Crippen LogP contribution in [-0.4, -0.2) is 15.3 Å². The van der Waals surface area contributed by atoms with Crippen LogP contribution in [-0.2, 0) is 4.57 Å². The van der Waals surface area contributed by atoms with Crippen LogP contribution in [0.2, 0.25) is 0 Å². The largest absolute Gasteiger partial charge is 1.00 e. The fourth-order valence-electron chi connectivity index (χ4n) is 2.78. The average Bonchev–Trinajstić information content (AvgIpc) is 2.52. The maximum absolute atomic E-state index is 8.70. The first-order valence-corrected chi connectivity index (χ1v) is 8.56. The third-order valence-electron chi connectivity index (χ3n) is 3.70. The zero-order chi connectivity index (χ0) is 16.4. The minimum atomic E-state index is -2.87. The summed E-state index contributed by atoms with van der Waals surface area (Å²) in [4.78, 5) is 15.3. The van der Waals surface area contributed by atoms with E-state index in [1.807, 2.05) is 0 Å². The van der Waals surface area contributed by atoms with E-state index in [2.05, 4.69) is 79.4 Å². The molecule has 4 N–H and O–H groups in total. The van der Waals surface area contributed by atoms with Gasteiger partial charge in [-0.1, -0.05) is 48.5 Å². The Morgan fingerprint density at radius 1 is 0.800 bits per heavy atom. The third-order valence-corrected chi connectivity index (χ3v) is 4.08. The summed E-state index contributed by atoms with van der Waals surface area (Å²) >= 11 is 4.62. The van der Waals surface area contributed by atoms with Crippen molar-refractivity contribution in [3.05, 3.63) is 66.7 Å². The summed E-state index contributed by atoms with van der Waals surface area (Å²) in [6, 6.07) is 23.6. The van der Waals surface area contributed by atoms with Crippen molar-refractivity contribution in [1.29, 1.82) is 0 Å². The van der Waals surface area contributed by atoms with Gasteiger partial charge in [0, 0.05) is 14.8 Å². The number of hydrogen-bond donors (Lipinski definition) is 3. The van der Waals surface area contributed by atoms with Crippen molar-refractivity contribution >= 4 is 53.2 Å². The fraction of sp³-hybridized carbons (Fsp3) is 0. The van der Waals surface area contributed by atoms with Crippen molar-refractivity contribution in [2.24, 2.45) is 0 Å². The predicted octanol–water partition coefficient (Wildman–Crippen LogP) is 1.36. The Bertz CT molecular complexity index is 1040. The zero-order valence-corrected chi connectivity index (χ0v) is 17.3. The molecule has 0 amide bonds. The SMILES string of the molecule is O.O=[P+](O)O.Sc1cccc2ccc3cc4ccccc4cc3c12.[H-].[Na+]. The molecule has 0 spiro atoms. The van der Waals surface area contributed by atoms with Crippen LogP contribution in [0.1, 0.15) is 1.43 Å². The standard InChI is InChI=1S/C18H12S.Na.HO3P.H2O.H/c19-17-7-3-6-12-8-9-15-10-13-4-1-2-5-14(13)11-16(15)18(12)17;;1-4(2)3;;/h1-11,19H;;(H-,1,2,3);1H2;/q;+1;;;-1/p+1. The first-order valence-electron chi connectivity index (χ1n) is 6.94. The molecule has 4 aromatic carbocycles. The van der Waals surface area contributed by atoms with E-state index in [4.69, 9.17) is 14.4 Å². The maximum atomic E-state index is 8.70. The Labute approximate surface area is 174 Å². The van der Waals surface area contributed by atoms with E-state index >= 15 is 0 Å². The molecule has 0 aromatic heterocycles. The van der Waals surface area contributed by atoms with Crippen molar-refractivity contribution < 1.29 is 50.8 Å². The average molecular weight is 383 g/mol. The van der Waals surface area contributed by atoms with Crippen LogP contribution in [0.25, 0.3) is 32.3 Å². The van der Waals surface area contributed by atoms with Gasteiger partial charge in [0.1, 0.15) is 0 Å². The van der Waals surface area contributed by atoms with Gasteiger partial charge >= 0.3 is 37.8 Å². The molecule has 0 radical (unpaired) electrons. The summed E-state index contributed by atoms with van der Waals surface area (Å²) < 4.78 is 8.70. The second-order valence-electron chi connectivity index (χ2n) is 5.11. The van der Waals surface area contributed by atoms with E-state index in [0.29, 0.717) is 0 Å². The van der Waals surface area contributed by atoms with Crippen LogP contribution < -0.4 is 29.6 Å². The second-order valence-corrected chi connectivity index (χ2v) is 6.10. The molecule has 0 aliphatic heterocycles. The molecule has 0 heterocycles. The van der Waals surface area contributed by atoms with Gasteiger partial charge in [0.25, 0.3) is 0 Å². The van der Waals surface area contributed by atoms with Gasteiger partial charge in [-0.3, -0.25) is 0 Å². The topological polar surface area (TPSA) is 89.0 Å². The first kappa shape index (κ1) is 22.0. The molecule has 0 fully saturated rings. The van der Waals surface area contributed by atoms with E-state index in [1.165, 1.54) is 32.3 Å². The molecule has 0 unspecified atom stereocenters. The van der Waals surface area contributed by atoms with Crippen LogP contribution in [0.15, 0.2) is 71.6 Å². The fourth-order valence-corrected chi connectivity index (χ4v) is 3.12. The van der Waals surface area contributed by atoms with Gasteiger partial charge in [-0.05, 0) is 45.1 Å². The Hall–Kier alpha value is -1.01. The molecule has 4 nitrogen and oxygen atoms in total. The molecular weight excluding hydrogens is 366 g/mol. The van der Waals surface area contributed by atoms with Gasteiger partial charge in [-0.15, -0.1) is 22.4 Å². The summed E-state index contributed by atoms with van der Waals surface area (Å²) in [5, 5.41) is 7.60. The minimum absolute atomic E-state index is 0. The minimum Gasteiger partial charge on any atom is -1.00 e. The Kier molecular flexibility index (Phi) is 8.48. The Morgan fingerprint density at radius 2 is 1.32 bits per heavy atom. The van der Waals surface area contributed by atoms with Gasteiger partial charge in [0.05, 0.1) is 0 Å². The van der Waals surface area contributed by atoms with Gasteiger partial charge in [-0.2, -0.15) is 0 Å². The molecule has 7 heteroatoms. The number of thiol groups is 1. The molecule has 0 saturated carbocycles. The number of rotatable bonds is 0. The van der Waals surface area contributed by atoms with E-state index < -0.39 is 8.25 Å². The molecule has 4 rings (SSSR count). The normalized spacial score (nSPS) is 9.72. The zero-order valence-electron chi connectivity index (χ0n) is 14.5. The maximum Gasteiger partial charge on any atom is 1.00 e. The second kappa shape index (κ2) is 9.62. The van der Waals surface area contributed by atoms with E-state index in [1.54, 1.807) is 0 Å². The van der Waals surface area contributed by atoms with Gasteiger partial charge in [0.15, 0.2) is 0 Å². The molecule has 0 aliphatic carbocycles. The van der Waals surface area contributed by atoms with Crippen LogP contribution in [0.5, 0.6) is 0 Å². The summed E-state index contributed by atoms with van der Waals surface area (Å²) in [6.45, 7) is 0. The van der Waals surface area contributed by atoms with Crippen LogP contribution in [0, 0.1) is 0 Å². The van der Waals surface area contributed by atoms with Crippen LogP contribution >= 0.6 is 20.9 Å². The van der Waals surface area contributed by atoms with Crippen molar-refractivity contribution in [1.82, 2.24) is 0 Å². The predicted molar refractivity (Wildman–Crippen MR) is 103 cm³/mol. The molecule has 4 aromatic rings. The Balaban J connectivity index is 0.000000820.